The summed E-state index contributed by atoms with van der Waals surface area (Å²) in [5.74, 6) is 0.256. The van der Waals surface area contributed by atoms with Crippen LogP contribution in [0.15, 0.2) is 38.5 Å². The molecule has 0 aliphatic rings. The lowest BCUT2D eigenvalue weighted by Gasteiger charge is -2.08. The molecule has 0 spiro atoms. The molecule has 0 atom stereocenters. The molecule has 8 heteroatoms. The van der Waals surface area contributed by atoms with E-state index in [9.17, 15) is 13.2 Å². The Morgan fingerprint density at radius 2 is 1.96 bits per heavy atom. The first-order valence-electron chi connectivity index (χ1n) is 7.33. The quantitative estimate of drug-likeness (QED) is 0.750. The van der Waals surface area contributed by atoms with Gasteiger partial charge in [-0.05, 0) is 49.9 Å². The van der Waals surface area contributed by atoms with E-state index in [2.05, 4.69) is 14.9 Å². The van der Waals surface area contributed by atoms with E-state index in [1.165, 1.54) is 0 Å². The van der Waals surface area contributed by atoms with Crippen LogP contribution in [-0.4, -0.2) is 18.6 Å². The van der Waals surface area contributed by atoms with Gasteiger partial charge in [0.2, 0.25) is 10.0 Å². The van der Waals surface area contributed by atoms with Crippen molar-refractivity contribution in [1.82, 2.24) is 14.9 Å². The van der Waals surface area contributed by atoms with E-state index < -0.39 is 10.0 Å². The van der Waals surface area contributed by atoms with Crippen molar-refractivity contribution < 1.29 is 12.9 Å². The normalized spacial score (nSPS) is 12.0. The Hall–Kier alpha value is -2.45. The van der Waals surface area contributed by atoms with E-state index >= 15 is 0 Å². The van der Waals surface area contributed by atoms with Crippen molar-refractivity contribution in [3.05, 3.63) is 57.2 Å². The third-order valence-electron chi connectivity index (χ3n) is 3.80. The highest BCUT2D eigenvalue weighted by Crippen LogP contribution is 2.19. The number of nitrogens with zero attached hydrogens (tertiary/aromatic N) is 1. The third kappa shape index (κ3) is 2.98. The Kier molecular flexibility index (Phi) is 4.02. The van der Waals surface area contributed by atoms with E-state index in [4.69, 9.17) is 4.52 Å². The van der Waals surface area contributed by atoms with Crippen LogP contribution in [0.4, 0.5) is 0 Å². The molecule has 0 saturated carbocycles. The van der Waals surface area contributed by atoms with Gasteiger partial charge in [-0.15, -0.1) is 0 Å². The summed E-state index contributed by atoms with van der Waals surface area (Å²) < 4.78 is 32.3. The SMILES string of the molecule is Cc1noc(C)c1S(=O)(=O)NCc1ccc2[nH]c(=O)c(C)cc2c1. The van der Waals surface area contributed by atoms with E-state index in [1.807, 2.05) is 6.07 Å². The standard InChI is InChI=1S/C16H17N3O4S/c1-9-6-13-7-12(4-5-14(13)18-16(9)20)8-17-24(21,22)15-10(2)19-23-11(15)3/h4-7,17H,8H2,1-3H3,(H,18,20). The van der Waals surface area contributed by atoms with E-state index in [0.29, 0.717) is 16.8 Å². The monoisotopic (exact) mass is 347 g/mol. The Bertz CT molecular complexity index is 1060. The number of H-pyrrole nitrogens is 1. The second-order valence-corrected chi connectivity index (χ2v) is 7.38. The molecule has 2 N–H and O–H groups in total. The van der Waals surface area contributed by atoms with Gasteiger partial charge in [-0.2, -0.15) is 0 Å². The maximum absolute atomic E-state index is 12.4. The third-order valence-corrected chi connectivity index (χ3v) is 5.44. The number of aromatic nitrogens is 2. The summed E-state index contributed by atoms with van der Waals surface area (Å²) in [6, 6.07) is 7.15. The molecule has 1 aromatic carbocycles. The van der Waals surface area contributed by atoms with Crippen LogP contribution in [0.3, 0.4) is 0 Å². The number of aryl methyl sites for hydroxylation is 3. The lowest BCUT2D eigenvalue weighted by molar-refractivity contribution is 0.390. The molecule has 0 aliphatic carbocycles. The Balaban J connectivity index is 1.88. The van der Waals surface area contributed by atoms with Gasteiger partial charge in [-0.1, -0.05) is 11.2 Å². The molecule has 0 fully saturated rings. The Labute approximate surface area is 138 Å². The van der Waals surface area contributed by atoms with E-state index in [-0.39, 0.29) is 22.8 Å². The summed E-state index contributed by atoms with van der Waals surface area (Å²) in [7, 11) is -3.71. The van der Waals surface area contributed by atoms with Crippen LogP contribution in [0.25, 0.3) is 10.9 Å². The summed E-state index contributed by atoms with van der Waals surface area (Å²) in [5, 5.41) is 4.52. The fraction of sp³-hybridized carbons (Fsp3) is 0.250. The summed E-state index contributed by atoms with van der Waals surface area (Å²) in [6.45, 7) is 5.00. The summed E-state index contributed by atoms with van der Waals surface area (Å²) in [4.78, 5) is 14.5. The zero-order valence-corrected chi connectivity index (χ0v) is 14.3. The van der Waals surface area contributed by atoms with Gasteiger partial charge in [-0.25, -0.2) is 13.1 Å². The van der Waals surface area contributed by atoms with Gasteiger partial charge in [0.1, 0.15) is 10.6 Å². The van der Waals surface area contributed by atoms with Crippen molar-refractivity contribution in [2.45, 2.75) is 32.2 Å². The maximum Gasteiger partial charge on any atom is 0.251 e. The molecular weight excluding hydrogens is 330 g/mol. The van der Waals surface area contributed by atoms with Crippen molar-refractivity contribution >= 4 is 20.9 Å². The van der Waals surface area contributed by atoms with Crippen molar-refractivity contribution in [2.24, 2.45) is 0 Å². The summed E-state index contributed by atoms with van der Waals surface area (Å²) >= 11 is 0. The van der Waals surface area contributed by atoms with Gasteiger partial charge in [0.15, 0.2) is 5.76 Å². The molecule has 3 rings (SSSR count). The summed E-state index contributed by atoms with van der Waals surface area (Å²) in [6.07, 6.45) is 0. The Morgan fingerprint density at radius 1 is 1.21 bits per heavy atom. The van der Waals surface area contributed by atoms with Crippen molar-refractivity contribution in [3.8, 4) is 0 Å². The van der Waals surface area contributed by atoms with Crippen LogP contribution in [-0.2, 0) is 16.6 Å². The van der Waals surface area contributed by atoms with Gasteiger partial charge < -0.3 is 9.51 Å². The van der Waals surface area contributed by atoms with E-state index in [0.717, 1.165) is 10.9 Å². The maximum atomic E-state index is 12.4. The first kappa shape index (κ1) is 16.4. The predicted octanol–water partition coefficient (Wildman–Crippen LogP) is 1.92. The van der Waals surface area contributed by atoms with E-state index in [1.54, 1.807) is 39.0 Å². The first-order valence-corrected chi connectivity index (χ1v) is 8.81. The molecule has 126 valence electrons. The average Bonchev–Trinajstić information content (AvgIpc) is 2.86. The fourth-order valence-electron chi connectivity index (χ4n) is 2.58. The van der Waals surface area contributed by atoms with Crippen LogP contribution in [0.5, 0.6) is 0 Å². The van der Waals surface area contributed by atoms with Gasteiger partial charge in [0, 0.05) is 17.6 Å². The second kappa shape index (κ2) is 5.88. The molecule has 2 heterocycles. The van der Waals surface area contributed by atoms with Crippen LogP contribution in [0.1, 0.15) is 22.6 Å². The van der Waals surface area contributed by atoms with Crippen LogP contribution >= 0.6 is 0 Å². The molecular formula is C16H17N3O4S. The second-order valence-electron chi connectivity index (χ2n) is 5.68. The number of rotatable bonds is 4. The molecule has 0 radical (unpaired) electrons. The number of fused-ring (bicyclic) bond motifs is 1. The summed E-state index contributed by atoms with van der Waals surface area (Å²) in [5.41, 5.74) is 2.30. The first-order chi connectivity index (χ1) is 11.3. The molecule has 0 saturated heterocycles. The highest BCUT2D eigenvalue weighted by Gasteiger charge is 2.23. The zero-order valence-electron chi connectivity index (χ0n) is 13.5. The van der Waals surface area contributed by atoms with Gasteiger partial charge in [0.05, 0.1) is 0 Å². The number of aromatic amines is 1. The number of benzene rings is 1. The molecule has 24 heavy (non-hydrogen) atoms. The Morgan fingerprint density at radius 3 is 2.62 bits per heavy atom. The van der Waals surface area contributed by atoms with Crippen LogP contribution in [0.2, 0.25) is 0 Å². The topological polar surface area (TPSA) is 105 Å². The minimum Gasteiger partial charge on any atom is -0.360 e. The average molecular weight is 347 g/mol. The molecule has 3 aromatic rings. The smallest absolute Gasteiger partial charge is 0.251 e. The molecule has 0 bridgehead atoms. The molecule has 0 aliphatic heterocycles. The number of pyridine rings is 1. The lowest BCUT2D eigenvalue weighted by Crippen LogP contribution is -2.24. The molecule has 2 aromatic heterocycles. The van der Waals surface area contributed by atoms with Gasteiger partial charge in [0.25, 0.3) is 5.56 Å². The number of nitrogens with one attached hydrogen (secondary N) is 2. The van der Waals surface area contributed by atoms with Crippen molar-refractivity contribution in [1.29, 1.82) is 0 Å². The highest BCUT2D eigenvalue weighted by atomic mass is 32.2. The van der Waals surface area contributed by atoms with Crippen LogP contribution < -0.4 is 10.3 Å². The lowest BCUT2D eigenvalue weighted by atomic mass is 10.1. The molecule has 0 amide bonds. The number of hydrogen-bond acceptors (Lipinski definition) is 5. The number of sulfonamides is 1. The minimum atomic E-state index is -3.71. The highest BCUT2D eigenvalue weighted by molar-refractivity contribution is 7.89. The van der Waals surface area contributed by atoms with Crippen molar-refractivity contribution in [3.63, 3.8) is 0 Å². The largest absolute Gasteiger partial charge is 0.360 e. The predicted molar refractivity (Wildman–Crippen MR) is 89.3 cm³/mol. The molecule has 0 unspecified atom stereocenters. The van der Waals surface area contributed by atoms with Crippen molar-refractivity contribution in [2.75, 3.05) is 0 Å². The van der Waals surface area contributed by atoms with Gasteiger partial charge in [-0.3, -0.25) is 4.79 Å². The molecule has 7 nitrogen and oxygen atoms in total. The fourth-order valence-corrected chi connectivity index (χ4v) is 3.93. The zero-order chi connectivity index (χ0) is 17.5. The van der Waals surface area contributed by atoms with Crippen LogP contribution in [0, 0.1) is 20.8 Å². The minimum absolute atomic E-state index is 0.0727. The number of hydrogen-bond donors (Lipinski definition) is 2. The van der Waals surface area contributed by atoms with Gasteiger partial charge >= 0.3 is 0 Å².